The zero-order valence-corrected chi connectivity index (χ0v) is 18.8. The number of aryl methyl sites for hydroxylation is 1. The van der Waals surface area contributed by atoms with Crippen molar-refractivity contribution in [2.75, 3.05) is 25.0 Å². The number of rotatable bonds is 9. The number of nitrogens with zero attached hydrogens (tertiary/aromatic N) is 3. The first-order valence-corrected chi connectivity index (χ1v) is 11.6. The van der Waals surface area contributed by atoms with Crippen molar-refractivity contribution >= 4 is 22.5 Å². The van der Waals surface area contributed by atoms with Gasteiger partial charge in [0.2, 0.25) is 0 Å². The molecule has 0 bridgehead atoms. The molecule has 4 rings (SSSR count). The topological polar surface area (TPSA) is 98.6 Å². The van der Waals surface area contributed by atoms with Crippen molar-refractivity contribution in [1.82, 2.24) is 14.9 Å². The molecule has 1 atom stereocenters. The van der Waals surface area contributed by atoms with Crippen LogP contribution in [0.3, 0.4) is 0 Å². The Morgan fingerprint density at radius 3 is 2.81 bits per heavy atom. The highest BCUT2D eigenvalue weighted by Gasteiger charge is 2.42. The third-order valence-electron chi connectivity index (χ3n) is 7.09. The summed E-state index contributed by atoms with van der Waals surface area (Å²) in [7, 11) is 0. The molecule has 2 heterocycles. The molecule has 172 valence electrons. The number of fused-ring (bicyclic) bond motifs is 1. The summed E-state index contributed by atoms with van der Waals surface area (Å²) in [6.07, 6.45) is 6.44. The van der Waals surface area contributed by atoms with Crippen LogP contribution in [0.4, 0.5) is 5.82 Å². The summed E-state index contributed by atoms with van der Waals surface area (Å²) in [4.78, 5) is 23.6. The normalized spacial score (nSPS) is 25.3. The fraction of sp³-hybridized carbons (Fsp3) is 0.560. The quantitative estimate of drug-likeness (QED) is 0.518. The minimum atomic E-state index is -0.986. The Kier molecular flexibility index (Phi) is 6.88. The molecule has 0 radical (unpaired) electrons. The van der Waals surface area contributed by atoms with E-state index in [9.17, 15) is 15.0 Å². The summed E-state index contributed by atoms with van der Waals surface area (Å²) < 4.78 is 0. The van der Waals surface area contributed by atoms with Gasteiger partial charge in [0.1, 0.15) is 12.1 Å². The maximum atomic E-state index is 12.5. The first-order chi connectivity index (χ1) is 15.4. The van der Waals surface area contributed by atoms with Crippen LogP contribution in [-0.2, 0) is 4.79 Å². The van der Waals surface area contributed by atoms with Crippen LogP contribution in [0.25, 0.3) is 10.9 Å². The van der Waals surface area contributed by atoms with Crippen LogP contribution in [0.5, 0.6) is 0 Å². The summed E-state index contributed by atoms with van der Waals surface area (Å²) in [6, 6.07) is 6.46. The van der Waals surface area contributed by atoms with Crippen molar-refractivity contribution in [2.24, 2.45) is 5.92 Å². The van der Waals surface area contributed by atoms with Gasteiger partial charge in [0.15, 0.2) is 5.78 Å². The Bertz CT molecular complexity index is 965. The summed E-state index contributed by atoms with van der Waals surface area (Å²) in [5, 5.41) is 25.0. The average Bonchev–Trinajstić information content (AvgIpc) is 2.75. The lowest BCUT2D eigenvalue weighted by molar-refractivity contribution is -0.122. The molecule has 1 aromatic carbocycles. The largest absolute Gasteiger partial charge is 0.390 e. The molecular weight excluding hydrogens is 404 g/mol. The zero-order chi connectivity index (χ0) is 22.7. The molecule has 0 amide bonds. The number of benzene rings is 1. The van der Waals surface area contributed by atoms with Crippen molar-refractivity contribution in [2.45, 2.75) is 63.2 Å². The number of nitrogens with one attached hydrogen (secondary N) is 1. The smallest absolute Gasteiger partial charge is 0.152 e. The molecule has 2 aliphatic rings. The van der Waals surface area contributed by atoms with Crippen LogP contribution in [0.15, 0.2) is 37.2 Å². The van der Waals surface area contributed by atoms with Crippen molar-refractivity contribution in [3.63, 3.8) is 0 Å². The third-order valence-corrected chi connectivity index (χ3v) is 7.09. The van der Waals surface area contributed by atoms with Crippen molar-refractivity contribution < 1.29 is 15.0 Å². The molecule has 2 aromatic rings. The van der Waals surface area contributed by atoms with Crippen LogP contribution in [0, 0.1) is 12.8 Å². The van der Waals surface area contributed by atoms with Gasteiger partial charge in [-0.25, -0.2) is 9.97 Å². The molecule has 2 fully saturated rings. The fourth-order valence-corrected chi connectivity index (χ4v) is 5.10. The Labute approximate surface area is 189 Å². The molecule has 7 nitrogen and oxygen atoms in total. The molecule has 7 heteroatoms. The minimum Gasteiger partial charge on any atom is -0.390 e. The molecular formula is C25H34N4O3. The van der Waals surface area contributed by atoms with E-state index in [1.54, 1.807) is 6.08 Å². The van der Waals surface area contributed by atoms with Crippen molar-refractivity contribution in [3.05, 3.63) is 42.7 Å². The van der Waals surface area contributed by atoms with Crippen LogP contribution in [0.1, 0.15) is 44.1 Å². The molecule has 1 saturated carbocycles. The van der Waals surface area contributed by atoms with Crippen LogP contribution >= 0.6 is 0 Å². The van der Waals surface area contributed by atoms with Gasteiger partial charge < -0.3 is 15.5 Å². The van der Waals surface area contributed by atoms with Gasteiger partial charge in [-0.1, -0.05) is 17.7 Å². The summed E-state index contributed by atoms with van der Waals surface area (Å²) >= 11 is 0. The van der Waals surface area contributed by atoms with E-state index in [4.69, 9.17) is 0 Å². The maximum Gasteiger partial charge on any atom is 0.152 e. The number of hydrogen-bond donors (Lipinski definition) is 3. The standard InChI is InChI=1S/C25H34N4O3/c1-3-4-23(31)25(32)9-7-19(8-10-25)29-14-18(15-29)12-20(30)13-26-24-21-11-17(2)5-6-22(21)27-16-28-24/h3,5-6,11,16,18-19,23,31-32H,1,4,7-10,12-15H2,2H3,(H,26,27,28). The highest BCUT2D eigenvalue weighted by molar-refractivity contribution is 5.91. The van der Waals surface area contributed by atoms with Crippen molar-refractivity contribution in [1.29, 1.82) is 0 Å². The Hall–Kier alpha value is -2.35. The lowest BCUT2D eigenvalue weighted by atomic mass is 9.76. The van der Waals surface area contributed by atoms with Crippen molar-refractivity contribution in [3.8, 4) is 0 Å². The van der Waals surface area contributed by atoms with Gasteiger partial charge in [-0.2, -0.15) is 0 Å². The average molecular weight is 439 g/mol. The molecule has 1 aliphatic heterocycles. The second-order valence-electron chi connectivity index (χ2n) is 9.53. The van der Waals surface area contributed by atoms with E-state index in [0.717, 1.165) is 42.4 Å². The summed E-state index contributed by atoms with van der Waals surface area (Å²) in [6.45, 7) is 7.81. The molecule has 1 aliphatic carbocycles. The molecule has 0 spiro atoms. The molecule has 1 aromatic heterocycles. The third kappa shape index (κ3) is 5.00. The maximum absolute atomic E-state index is 12.5. The number of likely N-dealkylation sites (tertiary alicyclic amines) is 1. The molecule has 1 saturated heterocycles. The minimum absolute atomic E-state index is 0.194. The van der Waals surface area contributed by atoms with Gasteiger partial charge >= 0.3 is 0 Å². The van der Waals surface area contributed by atoms with Gasteiger partial charge in [-0.05, 0) is 57.1 Å². The number of aliphatic hydroxyl groups is 2. The van der Waals surface area contributed by atoms with E-state index in [0.29, 0.717) is 43.5 Å². The number of Topliss-reactive ketones (excluding diaryl/α,β-unsaturated/α-hetero) is 1. The van der Waals surface area contributed by atoms with E-state index >= 15 is 0 Å². The highest BCUT2D eigenvalue weighted by Crippen LogP contribution is 2.37. The number of anilines is 1. The molecule has 3 N–H and O–H groups in total. The van der Waals surface area contributed by atoms with E-state index in [-0.39, 0.29) is 12.3 Å². The monoisotopic (exact) mass is 438 g/mol. The Morgan fingerprint density at radius 2 is 2.09 bits per heavy atom. The SMILES string of the molecule is C=CCC(O)C1(O)CCC(N2CC(CC(=O)CNc3ncnc4ccc(C)cc34)C2)CC1. The van der Waals surface area contributed by atoms with Gasteiger partial charge in [-0.3, -0.25) is 9.69 Å². The Balaban J connectivity index is 1.20. The van der Waals surface area contributed by atoms with E-state index < -0.39 is 11.7 Å². The number of aromatic nitrogens is 2. The van der Waals surface area contributed by atoms with E-state index in [2.05, 4.69) is 26.8 Å². The summed E-state index contributed by atoms with van der Waals surface area (Å²) in [5.74, 6) is 1.29. The highest BCUT2D eigenvalue weighted by atomic mass is 16.3. The van der Waals surface area contributed by atoms with Gasteiger partial charge in [0, 0.05) is 30.9 Å². The zero-order valence-electron chi connectivity index (χ0n) is 18.8. The molecule has 1 unspecified atom stereocenters. The predicted molar refractivity (Wildman–Crippen MR) is 125 cm³/mol. The molecule has 32 heavy (non-hydrogen) atoms. The van der Waals surface area contributed by atoms with Gasteiger partial charge in [0.25, 0.3) is 0 Å². The number of carbonyl (C=O) groups excluding carboxylic acids is 1. The Morgan fingerprint density at radius 1 is 1.34 bits per heavy atom. The number of hydrogen-bond acceptors (Lipinski definition) is 7. The fourth-order valence-electron chi connectivity index (χ4n) is 5.10. The number of carbonyl (C=O) groups is 1. The predicted octanol–water partition coefficient (Wildman–Crippen LogP) is 2.85. The first-order valence-electron chi connectivity index (χ1n) is 11.6. The lowest BCUT2D eigenvalue weighted by Crippen LogP contribution is -2.56. The first kappa shape index (κ1) is 22.8. The van der Waals surface area contributed by atoms with Gasteiger partial charge in [0.05, 0.1) is 23.8 Å². The second kappa shape index (κ2) is 9.65. The van der Waals surface area contributed by atoms with E-state index in [1.807, 2.05) is 25.1 Å². The second-order valence-corrected chi connectivity index (χ2v) is 9.53. The van der Waals surface area contributed by atoms with Gasteiger partial charge in [-0.15, -0.1) is 6.58 Å². The number of ketones is 1. The van der Waals surface area contributed by atoms with Crippen LogP contribution < -0.4 is 5.32 Å². The summed E-state index contributed by atoms with van der Waals surface area (Å²) in [5.41, 5.74) is 1.01. The number of aliphatic hydroxyl groups excluding tert-OH is 1. The lowest BCUT2D eigenvalue weighted by Gasteiger charge is -2.48. The van der Waals surface area contributed by atoms with Crippen LogP contribution in [0.2, 0.25) is 0 Å². The van der Waals surface area contributed by atoms with E-state index in [1.165, 1.54) is 6.33 Å². The van der Waals surface area contributed by atoms with Crippen LogP contribution in [-0.4, -0.2) is 68.2 Å².